The van der Waals surface area contributed by atoms with Crippen molar-refractivity contribution < 1.29 is 0 Å². The van der Waals surface area contributed by atoms with Crippen LogP contribution in [-0.4, -0.2) is 62.2 Å². The van der Waals surface area contributed by atoms with E-state index in [2.05, 4.69) is 42.9 Å². The second-order valence-electron chi connectivity index (χ2n) is 6.29. The normalized spacial score (nSPS) is 22.8. The van der Waals surface area contributed by atoms with Crippen molar-refractivity contribution in [2.45, 2.75) is 46.1 Å². The maximum atomic E-state index is 3.52. The molecule has 0 aromatic carbocycles. The molecule has 1 atom stereocenters. The van der Waals surface area contributed by atoms with Crippen LogP contribution in [0.2, 0.25) is 0 Å². The molecule has 0 aromatic heterocycles. The van der Waals surface area contributed by atoms with Gasteiger partial charge < -0.3 is 15.1 Å². The van der Waals surface area contributed by atoms with Crippen LogP contribution in [0.5, 0.6) is 0 Å². The summed E-state index contributed by atoms with van der Waals surface area (Å²) >= 11 is 0. The molecular weight excluding hydrogens is 222 g/mol. The zero-order valence-electron chi connectivity index (χ0n) is 12.9. The van der Waals surface area contributed by atoms with Crippen LogP contribution in [0.25, 0.3) is 0 Å². The van der Waals surface area contributed by atoms with Gasteiger partial charge in [-0.2, -0.15) is 0 Å². The number of unbranched alkanes of at least 4 members (excludes halogenated alkanes) is 2. The van der Waals surface area contributed by atoms with Crippen LogP contribution in [-0.2, 0) is 0 Å². The Labute approximate surface area is 114 Å². The summed E-state index contributed by atoms with van der Waals surface area (Å²) in [6.07, 6.45) is 4.06. The Morgan fingerprint density at radius 2 is 1.94 bits per heavy atom. The molecular formula is C15H33N3. The van der Waals surface area contributed by atoms with Crippen LogP contribution < -0.4 is 5.32 Å². The van der Waals surface area contributed by atoms with Gasteiger partial charge in [0, 0.05) is 25.7 Å². The first-order valence-corrected chi connectivity index (χ1v) is 7.73. The highest BCUT2D eigenvalue weighted by molar-refractivity contribution is 4.76. The van der Waals surface area contributed by atoms with Crippen molar-refractivity contribution in [2.75, 3.05) is 46.3 Å². The summed E-state index contributed by atoms with van der Waals surface area (Å²) in [5.41, 5.74) is 0. The van der Waals surface area contributed by atoms with Crippen LogP contribution in [0.3, 0.4) is 0 Å². The number of hydrogen-bond donors (Lipinski definition) is 1. The van der Waals surface area contributed by atoms with Gasteiger partial charge >= 0.3 is 0 Å². The fourth-order valence-electron chi connectivity index (χ4n) is 2.48. The second kappa shape index (κ2) is 8.89. The van der Waals surface area contributed by atoms with Crippen LogP contribution in [0.4, 0.5) is 0 Å². The molecule has 0 saturated carbocycles. The van der Waals surface area contributed by atoms with Crippen LogP contribution >= 0.6 is 0 Å². The van der Waals surface area contributed by atoms with Crippen molar-refractivity contribution in [3.05, 3.63) is 0 Å². The minimum atomic E-state index is 0.728. The van der Waals surface area contributed by atoms with Gasteiger partial charge in [0.15, 0.2) is 0 Å². The summed E-state index contributed by atoms with van der Waals surface area (Å²) in [5, 5.41) is 3.52. The lowest BCUT2D eigenvalue weighted by Gasteiger charge is -2.37. The van der Waals surface area contributed by atoms with Crippen molar-refractivity contribution in [3.63, 3.8) is 0 Å². The van der Waals surface area contributed by atoms with E-state index in [1.54, 1.807) is 0 Å². The Hall–Kier alpha value is -0.120. The van der Waals surface area contributed by atoms with Gasteiger partial charge in [0.1, 0.15) is 0 Å². The van der Waals surface area contributed by atoms with E-state index in [9.17, 15) is 0 Å². The number of likely N-dealkylation sites (N-methyl/N-ethyl adjacent to an activating group) is 1. The topological polar surface area (TPSA) is 18.5 Å². The Bertz CT molecular complexity index is 206. The van der Waals surface area contributed by atoms with Gasteiger partial charge in [-0.25, -0.2) is 0 Å². The molecule has 1 saturated heterocycles. The lowest BCUT2D eigenvalue weighted by atomic mass is 10.1. The molecule has 0 aliphatic carbocycles. The van der Waals surface area contributed by atoms with Gasteiger partial charge in [0.2, 0.25) is 0 Å². The molecule has 1 N–H and O–H groups in total. The molecule has 1 fully saturated rings. The SMILES string of the molecule is CC(C)CNCCCCCN1CCN(C)C(C)C1. The fraction of sp³-hybridized carbons (Fsp3) is 1.00. The Kier molecular flexibility index (Phi) is 7.87. The van der Waals surface area contributed by atoms with Gasteiger partial charge in [-0.05, 0) is 52.4 Å². The van der Waals surface area contributed by atoms with E-state index < -0.39 is 0 Å². The molecule has 3 nitrogen and oxygen atoms in total. The molecule has 108 valence electrons. The highest BCUT2D eigenvalue weighted by Crippen LogP contribution is 2.08. The number of nitrogens with one attached hydrogen (secondary N) is 1. The molecule has 18 heavy (non-hydrogen) atoms. The van der Waals surface area contributed by atoms with E-state index in [0.29, 0.717) is 0 Å². The maximum Gasteiger partial charge on any atom is 0.0192 e. The smallest absolute Gasteiger partial charge is 0.0192 e. The number of hydrogen-bond acceptors (Lipinski definition) is 3. The van der Waals surface area contributed by atoms with Crippen molar-refractivity contribution in [1.29, 1.82) is 0 Å². The van der Waals surface area contributed by atoms with Gasteiger partial charge in [0.05, 0.1) is 0 Å². The van der Waals surface area contributed by atoms with Crippen LogP contribution in [0.1, 0.15) is 40.0 Å². The molecule has 0 aromatic rings. The molecule has 1 heterocycles. The molecule has 1 aliphatic heterocycles. The lowest BCUT2D eigenvalue weighted by Crippen LogP contribution is -2.50. The monoisotopic (exact) mass is 255 g/mol. The first kappa shape index (κ1) is 15.9. The summed E-state index contributed by atoms with van der Waals surface area (Å²) in [7, 11) is 2.24. The Balaban J connectivity index is 1.92. The maximum absolute atomic E-state index is 3.52. The average Bonchev–Trinajstić information content (AvgIpc) is 2.32. The van der Waals surface area contributed by atoms with E-state index in [1.165, 1.54) is 52.0 Å². The molecule has 0 radical (unpaired) electrons. The van der Waals surface area contributed by atoms with Gasteiger partial charge in [-0.3, -0.25) is 0 Å². The molecule has 3 heteroatoms. The summed E-state index contributed by atoms with van der Waals surface area (Å²) in [6, 6.07) is 0.728. The van der Waals surface area contributed by atoms with E-state index in [-0.39, 0.29) is 0 Å². The largest absolute Gasteiger partial charge is 0.316 e. The first-order valence-electron chi connectivity index (χ1n) is 7.73. The van der Waals surface area contributed by atoms with E-state index in [0.717, 1.165) is 18.5 Å². The molecule has 0 spiro atoms. The predicted molar refractivity (Wildman–Crippen MR) is 80.1 cm³/mol. The molecule has 1 rings (SSSR count). The summed E-state index contributed by atoms with van der Waals surface area (Å²) < 4.78 is 0. The van der Waals surface area contributed by atoms with Crippen molar-refractivity contribution >= 4 is 0 Å². The third kappa shape index (κ3) is 6.72. The highest BCUT2D eigenvalue weighted by atomic mass is 15.3. The summed E-state index contributed by atoms with van der Waals surface area (Å²) in [6.45, 7) is 14.3. The first-order chi connectivity index (χ1) is 8.59. The molecule has 1 aliphatic rings. The summed E-state index contributed by atoms with van der Waals surface area (Å²) in [5.74, 6) is 0.775. The van der Waals surface area contributed by atoms with Crippen LogP contribution in [0, 0.1) is 5.92 Å². The van der Waals surface area contributed by atoms with Crippen LogP contribution in [0.15, 0.2) is 0 Å². The lowest BCUT2D eigenvalue weighted by molar-refractivity contribution is 0.104. The highest BCUT2D eigenvalue weighted by Gasteiger charge is 2.19. The minimum absolute atomic E-state index is 0.728. The molecule has 0 amide bonds. The number of piperazine rings is 1. The van der Waals surface area contributed by atoms with Crippen molar-refractivity contribution in [3.8, 4) is 0 Å². The van der Waals surface area contributed by atoms with Gasteiger partial charge in [-0.1, -0.05) is 20.3 Å². The number of nitrogens with zero attached hydrogens (tertiary/aromatic N) is 2. The van der Waals surface area contributed by atoms with E-state index >= 15 is 0 Å². The quantitative estimate of drug-likeness (QED) is 0.670. The number of rotatable bonds is 8. The van der Waals surface area contributed by atoms with E-state index in [4.69, 9.17) is 0 Å². The van der Waals surface area contributed by atoms with Gasteiger partial charge in [0.25, 0.3) is 0 Å². The third-order valence-corrected chi connectivity index (χ3v) is 3.92. The van der Waals surface area contributed by atoms with Crippen molar-refractivity contribution in [1.82, 2.24) is 15.1 Å². The second-order valence-corrected chi connectivity index (χ2v) is 6.29. The molecule has 1 unspecified atom stereocenters. The Morgan fingerprint density at radius 3 is 2.61 bits per heavy atom. The fourth-order valence-corrected chi connectivity index (χ4v) is 2.48. The van der Waals surface area contributed by atoms with Crippen molar-refractivity contribution in [2.24, 2.45) is 5.92 Å². The minimum Gasteiger partial charge on any atom is -0.316 e. The summed E-state index contributed by atoms with van der Waals surface area (Å²) in [4.78, 5) is 5.10. The third-order valence-electron chi connectivity index (χ3n) is 3.92. The molecule has 0 bridgehead atoms. The standard InChI is InChI=1S/C15H33N3/c1-14(2)12-16-8-6-5-7-9-18-11-10-17(4)15(3)13-18/h14-16H,5-13H2,1-4H3. The van der Waals surface area contributed by atoms with E-state index in [1.807, 2.05) is 0 Å². The van der Waals surface area contributed by atoms with Gasteiger partial charge in [-0.15, -0.1) is 0 Å². The average molecular weight is 255 g/mol. The Morgan fingerprint density at radius 1 is 1.17 bits per heavy atom. The predicted octanol–water partition coefficient (Wildman–Crippen LogP) is 2.04. The zero-order chi connectivity index (χ0) is 13.4. The zero-order valence-corrected chi connectivity index (χ0v) is 12.9.